The zero-order chi connectivity index (χ0) is 18.4. The Bertz CT molecular complexity index is 535. The van der Waals surface area contributed by atoms with Crippen LogP contribution in [0, 0.1) is 5.92 Å². The highest BCUT2D eigenvalue weighted by Gasteiger charge is 2.32. The van der Waals surface area contributed by atoms with E-state index in [0.29, 0.717) is 18.0 Å². The van der Waals surface area contributed by atoms with Gasteiger partial charge in [-0.3, -0.25) is 0 Å². The highest BCUT2D eigenvalue weighted by Crippen LogP contribution is 2.29. The molecule has 1 amide bonds. The van der Waals surface area contributed by atoms with Crippen LogP contribution in [0.2, 0.25) is 0 Å². The van der Waals surface area contributed by atoms with Crippen LogP contribution in [0.3, 0.4) is 0 Å². The zero-order valence-electron chi connectivity index (χ0n) is 16.4. The minimum atomic E-state index is -0.440. The average Bonchev–Trinajstić information content (AvgIpc) is 3.03. The van der Waals surface area contributed by atoms with E-state index >= 15 is 0 Å². The number of rotatable bonds is 6. The Kier molecular flexibility index (Phi) is 6.88. The van der Waals surface area contributed by atoms with E-state index in [-0.39, 0.29) is 6.09 Å². The standard InChI is InChI=1S/C21H34N2O2/c1-6-16(7-2)19(17-11-9-8-10-12-17)22-18-13-14-23(15-18)20(24)25-21(3,4)5/h8-12,16,18-19,22H,6-7,13-15H2,1-5H3. The van der Waals surface area contributed by atoms with Gasteiger partial charge < -0.3 is 15.0 Å². The number of carbonyl (C=O) groups excluding carboxylic acids is 1. The molecule has 0 radical (unpaired) electrons. The van der Waals surface area contributed by atoms with Gasteiger partial charge in [-0.05, 0) is 38.7 Å². The van der Waals surface area contributed by atoms with Gasteiger partial charge in [0.1, 0.15) is 5.60 Å². The van der Waals surface area contributed by atoms with Gasteiger partial charge >= 0.3 is 6.09 Å². The molecule has 1 aliphatic rings. The van der Waals surface area contributed by atoms with Gasteiger partial charge in [0.05, 0.1) is 0 Å². The highest BCUT2D eigenvalue weighted by atomic mass is 16.6. The van der Waals surface area contributed by atoms with Gasteiger partial charge in [-0.2, -0.15) is 0 Å². The quantitative estimate of drug-likeness (QED) is 0.807. The molecule has 25 heavy (non-hydrogen) atoms. The first-order valence-electron chi connectivity index (χ1n) is 9.63. The molecule has 1 N–H and O–H groups in total. The summed E-state index contributed by atoms with van der Waals surface area (Å²) in [7, 11) is 0. The third kappa shape index (κ3) is 5.74. The molecule has 1 saturated heterocycles. The Morgan fingerprint density at radius 1 is 1.24 bits per heavy atom. The van der Waals surface area contributed by atoms with Gasteiger partial charge in [0, 0.05) is 25.2 Å². The Labute approximate surface area is 152 Å². The van der Waals surface area contributed by atoms with E-state index in [1.54, 1.807) is 0 Å². The molecule has 1 aromatic rings. The van der Waals surface area contributed by atoms with Crippen molar-refractivity contribution in [2.24, 2.45) is 5.92 Å². The van der Waals surface area contributed by atoms with Crippen LogP contribution in [0.1, 0.15) is 65.5 Å². The number of likely N-dealkylation sites (tertiary alicyclic amines) is 1. The van der Waals surface area contributed by atoms with Crippen LogP contribution in [0.4, 0.5) is 4.79 Å². The summed E-state index contributed by atoms with van der Waals surface area (Å²) >= 11 is 0. The fourth-order valence-electron chi connectivity index (χ4n) is 3.57. The second kappa shape index (κ2) is 8.70. The lowest BCUT2D eigenvalue weighted by atomic mass is 9.88. The topological polar surface area (TPSA) is 41.6 Å². The van der Waals surface area contributed by atoms with Crippen molar-refractivity contribution in [3.8, 4) is 0 Å². The second-order valence-corrected chi connectivity index (χ2v) is 8.04. The van der Waals surface area contributed by atoms with Gasteiger partial charge in [-0.25, -0.2) is 4.79 Å². The van der Waals surface area contributed by atoms with Crippen LogP contribution >= 0.6 is 0 Å². The van der Waals surface area contributed by atoms with E-state index in [2.05, 4.69) is 49.5 Å². The van der Waals surface area contributed by atoms with Gasteiger partial charge in [-0.15, -0.1) is 0 Å². The summed E-state index contributed by atoms with van der Waals surface area (Å²) in [6.45, 7) is 11.7. The van der Waals surface area contributed by atoms with E-state index in [9.17, 15) is 4.79 Å². The summed E-state index contributed by atoms with van der Waals surface area (Å²) in [5.41, 5.74) is 0.900. The molecule has 1 fully saturated rings. The molecule has 4 heteroatoms. The number of nitrogens with zero attached hydrogens (tertiary/aromatic N) is 1. The molecular formula is C21H34N2O2. The number of nitrogens with one attached hydrogen (secondary N) is 1. The van der Waals surface area contributed by atoms with Crippen molar-refractivity contribution in [1.29, 1.82) is 0 Å². The largest absolute Gasteiger partial charge is 0.444 e. The first kappa shape index (κ1) is 19.8. The first-order valence-corrected chi connectivity index (χ1v) is 9.63. The van der Waals surface area contributed by atoms with Gasteiger partial charge in [0.25, 0.3) is 0 Å². The van der Waals surface area contributed by atoms with Gasteiger partial charge in [0.2, 0.25) is 0 Å². The Hall–Kier alpha value is -1.55. The smallest absolute Gasteiger partial charge is 0.410 e. The lowest BCUT2D eigenvalue weighted by Gasteiger charge is -2.30. The van der Waals surface area contributed by atoms with Crippen molar-refractivity contribution in [3.05, 3.63) is 35.9 Å². The lowest BCUT2D eigenvalue weighted by Crippen LogP contribution is -2.40. The van der Waals surface area contributed by atoms with E-state index in [0.717, 1.165) is 32.4 Å². The third-order valence-corrected chi connectivity index (χ3v) is 4.93. The van der Waals surface area contributed by atoms with E-state index in [4.69, 9.17) is 4.74 Å². The predicted molar refractivity (Wildman–Crippen MR) is 103 cm³/mol. The molecular weight excluding hydrogens is 312 g/mol. The minimum absolute atomic E-state index is 0.199. The molecule has 0 bridgehead atoms. The summed E-state index contributed by atoms with van der Waals surface area (Å²) in [6, 6.07) is 11.3. The number of hydrogen-bond acceptors (Lipinski definition) is 3. The summed E-state index contributed by atoms with van der Waals surface area (Å²) in [5, 5.41) is 3.83. The van der Waals surface area contributed by atoms with Gasteiger partial charge in [0.15, 0.2) is 0 Å². The maximum Gasteiger partial charge on any atom is 0.410 e. The van der Waals surface area contributed by atoms with E-state index < -0.39 is 5.60 Å². The second-order valence-electron chi connectivity index (χ2n) is 8.04. The van der Waals surface area contributed by atoms with Crippen LogP contribution in [0.5, 0.6) is 0 Å². The van der Waals surface area contributed by atoms with Crippen molar-refractivity contribution < 1.29 is 9.53 Å². The van der Waals surface area contributed by atoms with Crippen LogP contribution in [0.25, 0.3) is 0 Å². The average molecular weight is 347 g/mol. The number of ether oxygens (including phenoxy) is 1. The molecule has 0 saturated carbocycles. The molecule has 2 atom stereocenters. The molecule has 0 aliphatic carbocycles. The molecule has 0 spiro atoms. The molecule has 140 valence electrons. The van der Waals surface area contributed by atoms with E-state index in [1.165, 1.54) is 5.56 Å². The summed E-state index contributed by atoms with van der Waals surface area (Å²) < 4.78 is 5.51. The summed E-state index contributed by atoms with van der Waals surface area (Å²) in [5.74, 6) is 0.595. The zero-order valence-corrected chi connectivity index (χ0v) is 16.4. The van der Waals surface area contributed by atoms with Crippen molar-refractivity contribution in [3.63, 3.8) is 0 Å². The lowest BCUT2D eigenvalue weighted by molar-refractivity contribution is 0.0290. The Morgan fingerprint density at radius 2 is 1.88 bits per heavy atom. The molecule has 4 nitrogen and oxygen atoms in total. The number of hydrogen-bond donors (Lipinski definition) is 1. The monoisotopic (exact) mass is 346 g/mol. The Morgan fingerprint density at radius 3 is 2.44 bits per heavy atom. The molecule has 1 aliphatic heterocycles. The SMILES string of the molecule is CCC(CC)C(NC1CCN(C(=O)OC(C)(C)C)C1)c1ccccc1. The molecule has 0 aromatic heterocycles. The molecule has 1 aromatic carbocycles. The summed E-state index contributed by atoms with van der Waals surface area (Å²) in [6.07, 6.45) is 3.07. The normalized spacial score (nSPS) is 19.3. The Balaban J connectivity index is 2.02. The van der Waals surface area contributed by atoms with Crippen LogP contribution < -0.4 is 5.32 Å². The van der Waals surface area contributed by atoms with Gasteiger partial charge in [-0.1, -0.05) is 57.0 Å². The number of carbonyl (C=O) groups is 1. The van der Waals surface area contributed by atoms with E-state index in [1.807, 2.05) is 25.7 Å². The maximum absolute atomic E-state index is 12.3. The van der Waals surface area contributed by atoms with Crippen LogP contribution in [-0.2, 0) is 4.74 Å². The fraction of sp³-hybridized carbons (Fsp3) is 0.667. The van der Waals surface area contributed by atoms with Crippen LogP contribution in [0.15, 0.2) is 30.3 Å². The van der Waals surface area contributed by atoms with Crippen LogP contribution in [-0.4, -0.2) is 35.7 Å². The maximum atomic E-state index is 12.3. The molecule has 1 heterocycles. The molecule has 2 unspecified atom stereocenters. The van der Waals surface area contributed by atoms with Crippen molar-refractivity contribution >= 4 is 6.09 Å². The third-order valence-electron chi connectivity index (χ3n) is 4.93. The predicted octanol–water partition coefficient (Wildman–Crippen LogP) is 4.76. The number of benzene rings is 1. The fourth-order valence-corrected chi connectivity index (χ4v) is 3.57. The first-order chi connectivity index (χ1) is 11.8. The van der Waals surface area contributed by atoms with Crippen molar-refractivity contribution in [2.45, 2.75) is 71.6 Å². The summed E-state index contributed by atoms with van der Waals surface area (Å²) in [4.78, 5) is 14.1. The van der Waals surface area contributed by atoms with Crippen molar-refractivity contribution in [1.82, 2.24) is 10.2 Å². The molecule has 2 rings (SSSR count). The highest BCUT2D eigenvalue weighted by molar-refractivity contribution is 5.68. The minimum Gasteiger partial charge on any atom is -0.444 e. The number of amides is 1. The van der Waals surface area contributed by atoms with Crippen molar-refractivity contribution in [2.75, 3.05) is 13.1 Å².